The van der Waals surface area contributed by atoms with Gasteiger partial charge >= 0.3 is 6.09 Å². The minimum absolute atomic E-state index is 0.297. The molecule has 1 aromatic carbocycles. The van der Waals surface area contributed by atoms with E-state index in [1.807, 2.05) is 0 Å². The summed E-state index contributed by atoms with van der Waals surface area (Å²) < 4.78 is 4.82. The standard InChI is InChI=1S/C11H13N3O3/c12-13-10(15)9-3-1-8(2-4-9)7-14-5-6-17-11(14)16/h1-4H,5-7,12H2,(H,13,15). The SMILES string of the molecule is NNC(=O)c1ccc(CN2CCOC2=O)cc1. The van der Waals surface area contributed by atoms with Crippen molar-refractivity contribution in [2.75, 3.05) is 13.2 Å². The van der Waals surface area contributed by atoms with Gasteiger partial charge in [0.1, 0.15) is 6.61 Å². The quantitative estimate of drug-likeness (QED) is 0.446. The molecule has 0 bridgehead atoms. The molecule has 0 atom stereocenters. The monoisotopic (exact) mass is 235 g/mol. The number of benzene rings is 1. The van der Waals surface area contributed by atoms with Gasteiger partial charge in [-0.3, -0.25) is 10.2 Å². The van der Waals surface area contributed by atoms with E-state index in [1.54, 1.807) is 29.2 Å². The van der Waals surface area contributed by atoms with E-state index in [-0.39, 0.29) is 12.0 Å². The number of cyclic esters (lactones) is 1. The highest BCUT2D eigenvalue weighted by Gasteiger charge is 2.21. The van der Waals surface area contributed by atoms with Crippen molar-refractivity contribution in [2.45, 2.75) is 6.54 Å². The lowest BCUT2D eigenvalue weighted by molar-refractivity contribution is 0.0953. The minimum atomic E-state index is -0.336. The summed E-state index contributed by atoms with van der Waals surface area (Å²) in [6.45, 7) is 1.53. The molecule has 1 heterocycles. The van der Waals surface area contributed by atoms with Crippen LogP contribution < -0.4 is 11.3 Å². The van der Waals surface area contributed by atoms with Crippen LogP contribution in [0.25, 0.3) is 0 Å². The molecular formula is C11H13N3O3. The third kappa shape index (κ3) is 2.54. The van der Waals surface area contributed by atoms with Gasteiger partial charge in [-0.25, -0.2) is 10.6 Å². The summed E-state index contributed by atoms with van der Waals surface area (Å²) in [6, 6.07) is 6.91. The van der Waals surface area contributed by atoms with Gasteiger partial charge in [0, 0.05) is 12.1 Å². The number of carbonyl (C=O) groups excluding carboxylic acids is 2. The molecule has 0 spiro atoms. The van der Waals surface area contributed by atoms with Crippen LogP contribution in [0, 0.1) is 0 Å². The third-order valence-corrected chi connectivity index (χ3v) is 2.57. The Bertz CT molecular complexity index is 430. The Hall–Kier alpha value is -2.08. The number of amides is 2. The topological polar surface area (TPSA) is 84.7 Å². The Kier molecular flexibility index (Phi) is 3.24. The second-order valence-corrected chi connectivity index (χ2v) is 3.71. The zero-order valence-electron chi connectivity index (χ0n) is 9.18. The summed E-state index contributed by atoms with van der Waals surface area (Å²) in [5, 5.41) is 0. The van der Waals surface area contributed by atoms with Crippen LogP contribution in [0.5, 0.6) is 0 Å². The van der Waals surface area contributed by atoms with E-state index < -0.39 is 0 Å². The fourth-order valence-electron chi connectivity index (χ4n) is 1.63. The molecular weight excluding hydrogens is 222 g/mol. The van der Waals surface area contributed by atoms with Crippen LogP contribution in [-0.2, 0) is 11.3 Å². The molecule has 0 aromatic heterocycles. The second-order valence-electron chi connectivity index (χ2n) is 3.71. The van der Waals surface area contributed by atoms with E-state index in [0.717, 1.165) is 5.56 Å². The molecule has 1 aromatic rings. The number of nitrogens with two attached hydrogens (primary N) is 1. The van der Waals surface area contributed by atoms with Crippen molar-refractivity contribution in [3.05, 3.63) is 35.4 Å². The summed E-state index contributed by atoms with van der Waals surface area (Å²) in [5.41, 5.74) is 3.49. The first-order valence-electron chi connectivity index (χ1n) is 5.22. The van der Waals surface area contributed by atoms with Crippen LogP contribution in [0.15, 0.2) is 24.3 Å². The average molecular weight is 235 g/mol. The maximum atomic E-state index is 11.2. The van der Waals surface area contributed by atoms with Crippen molar-refractivity contribution in [3.8, 4) is 0 Å². The highest BCUT2D eigenvalue weighted by atomic mass is 16.6. The van der Waals surface area contributed by atoms with Crippen molar-refractivity contribution in [1.82, 2.24) is 10.3 Å². The predicted octanol–water partition coefficient (Wildman–Crippen LogP) is 0.242. The van der Waals surface area contributed by atoms with E-state index in [9.17, 15) is 9.59 Å². The van der Waals surface area contributed by atoms with E-state index in [4.69, 9.17) is 10.6 Å². The lowest BCUT2D eigenvalue weighted by Crippen LogP contribution is -2.30. The fourth-order valence-corrected chi connectivity index (χ4v) is 1.63. The number of hydrogen-bond donors (Lipinski definition) is 2. The van der Waals surface area contributed by atoms with Crippen LogP contribution in [0.2, 0.25) is 0 Å². The number of nitrogens with zero attached hydrogens (tertiary/aromatic N) is 1. The van der Waals surface area contributed by atoms with Gasteiger partial charge in [-0.2, -0.15) is 0 Å². The lowest BCUT2D eigenvalue weighted by atomic mass is 10.1. The molecule has 0 unspecified atom stereocenters. The zero-order valence-corrected chi connectivity index (χ0v) is 9.18. The first kappa shape index (κ1) is 11.4. The Labute approximate surface area is 98.3 Å². The number of hydrogen-bond acceptors (Lipinski definition) is 4. The average Bonchev–Trinajstić information content (AvgIpc) is 2.75. The number of ether oxygens (including phenoxy) is 1. The van der Waals surface area contributed by atoms with Crippen LogP contribution in [-0.4, -0.2) is 30.1 Å². The highest BCUT2D eigenvalue weighted by Crippen LogP contribution is 2.11. The van der Waals surface area contributed by atoms with Crippen molar-refractivity contribution in [2.24, 2.45) is 5.84 Å². The Balaban J connectivity index is 2.03. The highest BCUT2D eigenvalue weighted by molar-refractivity contribution is 5.93. The van der Waals surface area contributed by atoms with E-state index in [2.05, 4.69) is 5.43 Å². The summed E-state index contributed by atoms with van der Waals surface area (Å²) >= 11 is 0. The number of carbonyl (C=O) groups is 2. The van der Waals surface area contributed by atoms with Crippen LogP contribution in [0.4, 0.5) is 4.79 Å². The Morgan fingerprint density at radius 1 is 1.41 bits per heavy atom. The number of rotatable bonds is 3. The molecule has 0 radical (unpaired) electrons. The molecule has 2 amide bonds. The van der Waals surface area contributed by atoms with E-state index >= 15 is 0 Å². The van der Waals surface area contributed by atoms with Crippen molar-refractivity contribution >= 4 is 12.0 Å². The molecule has 1 fully saturated rings. The molecule has 17 heavy (non-hydrogen) atoms. The maximum absolute atomic E-state index is 11.2. The Morgan fingerprint density at radius 2 is 2.12 bits per heavy atom. The van der Waals surface area contributed by atoms with Crippen LogP contribution in [0.3, 0.4) is 0 Å². The number of nitrogens with one attached hydrogen (secondary N) is 1. The van der Waals surface area contributed by atoms with E-state index in [0.29, 0.717) is 25.3 Å². The van der Waals surface area contributed by atoms with E-state index in [1.165, 1.54) is 0 Å². The predicted molar refractivity (Wildman–Crippen MR) is 59.9 cm³/mol. The van der Waals surface area contributed by atoms with Gasteiger partial charge in [-0.05, 0) is 17.7 Å². The van der Waals surface area contributed by atoms with Crippen LogP contribution in [0.1, 0.15) is 15.9 Å². The van der Waals surface area contributed by atoms with Crippen molar-refractivity contribution < 1.29 is 14.3 Å². The minimum Gasteiger partial charge on any atom is -0.448 e. The zero-order chi connectivity index (χ0) is 12.3. The van der Waals surface area contributed by atoms with Gasteiger partial charge in [-0.15, -0.1) is 0 Å². The molecule has 1 aliphatic rings. The van der Waals surface area contributed by atoms with Gasteiger partial charge in [0.25, 0.3) is 5.91 Å². The van der Waals surface area contributed by atoms with Gasteiger partial charge in [0.05, 0.1) is 6.54 Å². The smallest absolute Gasteiger partial charge is 0.410 e. The molecule has 3 N–H and O–H groups in total. The first-order valence-corrected chi connectivity index (χ1v) is 5.22. The molecule has 90 valence electrons. The van der Waals surface area contributed by atoms with Crippen molar-refractivity contribution in [3.63, 3.8) is 0 Å². The number of nitrogen functional groups attached to an aromatic ring is 1. The molecule has 6 heteroatoms. The fraction of sp³-hybridized carbons (Fsp3) is 0.273. The normalized spacial score (nSPS) is 14.6. The largest absolute Gasteiger partial charge is 0.448 e. The van der Waals surface area contributed by atoms with Crippen molar-refractivity contribution in [1.29, 1.82) is 0 Å². The summed E-state index contributed by atoms with van der Waals surface area (Å²) in [4.78, 5) is 24.0. The molecule has 1 saturated heterocycles. The summed E-state index contributed by atoms with van der Waals surface area (Å²) in [7, 11) is 0. The van der Waals surface area contributed by atoms with Gasteiger partial charge in [0.15, 0.2) is 0 Å². The van der Waals surface area contributed by atoms with Gasteiger partial charge in [-0.1, -0.05) is 12.1 Å². The maximum Gasteiger partial charge on any atom is 0.410 e. The molecule has 1 aliphatic heterocycles. The molecule has 0 saturated carbocycles. The second kappa shape index (κ2) is 4.84. The van der Waals surface area contributed by atoms with Gasteiger partial charge < -0.3 is 9.64 Å². The first-order chi connectivity index (χ1) is 8.20. The van der Waals surface area contributed by atoms with Crippen LogP contribution >= 0.6 is 0 Å². The molecule has 2 rings (SSSR count). The number of hydrazine groups is 1. The molecule has 0 aliphatic carbocycles. The van der Waals surface area contributed by atoms with Gasteiger partial charge in [0.2, 0.25) is 0 Å². The summed E-state index contributed by atoms with van der Waals surface area (Å²) in [6.07, 6.45) is -0.297. The molecule has 6 nitrogen and oxygen atoms in total. The summed E-state index contributed by atoms with van der Waals surface area (Å²) in [5.74, 6) is 4.69. The lowest BCUT2D eigenvalue weighted by Gasteiger charge is -2.12. The Morgan fingerprint density at radius 3 is 2.65 bits per heavy atom. The third-order valence-electron chi connectivity index (χ3n) is 2.57.